The Morgan fingerprint density at radius 3 is 2.70 bits per heavy atom. The highest BCUT2D eigenvalue weighted by Gasteiger charge is 2.04. The Balaban J connectivity index is 2.01. The van der Waals surface area contributed by atoms with Gasteiger partial charge in [0.15, 0.2) is 0 Å². The van der Waals surface area contributed by atoms with Crippen LogP contribution >= 0.6 is 0 Å². The Bertz CT molecular complexity index is 908. The van der Waals surface area contributed by atoms with E-state index in [1.54, 1.807) is 0 Å². The van der Waals surface area contributed by atoms with Gasteiger partial charge in [0.05, 0.1) is 5.52 Å². The van der Waals surface area contributed by atoms with Gasteiger partial charge in [0.1, 0.15) is 0 Å². The molecule has 0 radical (unpaired) electrons. The van der Waals surface area contributed by atoms with E-state index in [9.17, 15) is 0 Å². The van der Waals surface area contributed by atoms with Gasteiger partial charge in [-0.25, -0.2) is 0 Å². The van der Waals surface area contributed by atoms with Crippen molar-refractivity contribution in [2.24, 2.45) is 0 Å². The summed E-state index contributed by atoms with van der Waals surface area (Å²) < 4.78 is 0. The average molecular weight is 256 g/mol. The summed E-state index contributed by atoms with van der Waals surface area (Å²) in [5.74, 6) is 0. The lowest BCUT2D eigenvalue weighted by Crippen LogP contribution is -1.84. The standard InChI is InChI=1S/C18H12N2/c1-2-4-18-17(3-1)16(8-10-20-18)14-6-5-13-7-9-19-12-15(13)11-14/h1-12H. The van der Waals surface area contributed by atoms with E-state index < -0.39 is 0 Å². The molecule has 0 unspecified atom stereocenters. The summed E-state index contributed by atoms with van der Waals surface area (Å²) in [7, 11) is 0. The van der Waals surface area contributed by atoms with Crippen molar-refractivity contribution in [3.05, 3.63) is 73.2 Å². The lowest BCUT2D eigenvalue weighted by atomic mass is 9.99. The molecule has 2 aromatic heterocycles. The van der Waals surface area contributed by atoms with Crippen molar-refractivity contribution in [3.8, 4) is 11.1 Å². The molecule has 0 saturated heterocycles. The predicted octanol–water partition coefficient (Wildman–Crippen LogP) is 4.45. The highest BCUT2D eigenvalue weighted by atomic mass is 14.6. The van der Waals surface area contributed by atoms with Gasteiger partial charge in [-0.1, -0.05) is 30.3 Å². The molecular weight excluding hydrogens is 244 g/mol. The minimum absolute atomic E-state index is 1.02. The zero-order valence-electron chi connectivity index (χ0n) is 10.8. The molecule has 0 N–H and O–H groups in total. The number of fused-ring (bicyclic) bond motifs is 2. The summed E-state index contributed by atoms with van der Waals surface area (Å²) >= 11 is 0. The van der Waals surface area contributed by atoms with Gasteiger partial charge in [-0.3, -0.25) is 9.97 Å². The molecule has 0 fully saturated rings. The Kier molecular flexibility index (Phi) is 2.46. The molecule has 0 bridgehead atoms. The van der Waals surface area contributed by atoms with Gasteiger partial charge in [-0.05, 0) is 40.8 Å². The quantitative estimate of drug-likeness (QED) is 0.503. The second-order valence-corrected chi connectivity index (χ2v) is 4.81. The van der Waals surface area contributed by atoms with Gasteiger partial charge in [0.25, 0.3) is 0 Å². The van der Waals surface area contributed by atoms with Gasteiger partial charge in [0, 0.05) is 29.4 Å². The zero-order valence-corrected chi connectivity index (χ0v) is 10.8. The fraction of sp³-hybridized carbons (Fsp3) is 0. The van der Waals surface area contributed by atoms with Crippen molar-refractivity contribution < 1.29 is 0 Å². The van der Waals surface area contributed by atoms with Crippen molar-refractivity contribution >= 4 is 21.7 Å². The lowest BCUT2D eigenvalue weighted by molar-refractivity contribution is 1.36. The Morgan fingerprint density at radius 2 is 1.70 bits per heavy atom. The molecule has 2 nitrogen and oxygen atoms in total. The Morgan fingerprint density at radius 1 is 0.750 bits per heavy atom. The first-order valence-electron chi connectivity index (χ1n) is 6.60. The fourth-order valence-electron chi connectivity index (χ4n) is 2.60. The molecule has 2 heteroatoms. The van der Waals surface area contributed by atoms with Crippen LogP contribution in [0.2, 0.25) is 0 Å². The number of rotatable bonds is 1. The van der Waals surface area contributed by atoms with Crippen molar-refractivity contribution in [3.63, 3.8) is 0 Å². The number of nitrogens with zero attached hydrogens (tertiary/aromatic N) is 2. The fourth-order valence-corrected chi connectivity index (χ4v) is 2.60. The monoisotopic (exact) mass is 256 g/mol. The van der Waals surface area contributed by atoms with E-state index in [4.69, 9.17) is 0 Å². The van der Waals surface area contributed by atoms with Crippen LogP contribution < -0.4 is 0 Å². The van der Waals surface area contributed by atoms with Crippen molar-refractivity contribution in [2.45, 2.75) is 0 Å². The Hall–Kier alpha value is -2.74. The molecule has 0 spiro atoms. The summed E-state index contributed by atoms with van der Waals surface area (Å²) in [6, 6.07) is 18.8. The van der Waals surface area contributed by atoms with Crippen LogP contribution in [0.5, 0.6) is 0 Å². The maximum absolute atomic E-state index is 4.42. The van der Waals surface area contributed by atoms with E-state index in [1.165, 1.54) is 21.9 Å². The molecule has 20 heavy (non-hydrogen) atoms. The number of pyridine rings is 2. The molecule has 0 aliphatic carbocycles. The zero-order chi connectivity index (χ0) is 13.4. The second-order valence-electron chi connectivity index (χ2n) is 4.81. The summed E-state index contributed by atoms with van der Waals surface area (Å²) in [5, 5.41) is 3.55. The molecule has 0 saturated carbocycles. The lowest BCUT2D eigenvalue weighted by Gasteiger charge is -2.07. The molecule has 0 aliphatic rings. The number of hydrogen-bond acceptors (Lipinski definition) is 2. The molecule has 0 amide bonds. The van der Waals surface area contributed by atoms with Crippen LogP contribution in [0.1, 0.15) is 0 Å². The number of benzene rings is 2. The summed E-state index contributed by atoms with van der Waals surface area (Å²) in [6.45, 7) is 0. The molecule has 0 aliphatic heterocycles. The first-order valence-corrected chi connectivity index (χ1v) is 6.60. The van der Waals surface area contributed by atoms with Crippen LogP contribution in [0.15, 0.2) is 73.2 Å². The van der Waals surface area contributed by atoms with Crippen molar-refractivity contribution in [1.29, 1.82) is 0 Å². The van der Waals surface area contributed by atoms with Gasteiger partial charge in [-0.2, -0.15) is 0 Å². The van der Waals surface area contributed by atoms with Crippen LogP contribution in [0.25, 0.3) is 32.8 Å². The average Bonchev–Trinajstić information content (AvgIpc) is 2.54. The molecule has 2 heterocycles. The third-order valence-electron chi connectivity index (χ3n) is 3.60. The maximum atomic E-state index is 4.42. The van der Waals surface area contributed by atoms with Gasteiger partial charge in [-0.15, -0.1) is 0 Å². The van der Waals surface area contributed by atoms with Crippen LogP contribution in [0.3, 0.4) is 0 Å². The number of para-hydroxylation sites is 1. The molecule has 0 atom stereocenters. The minimum Gasteiger partial charge on any atom is -0.264 e. The van der Waals surface area contributed by atoms with Gasteiger partial charge >= 0.3 is 0 Å². The SMILES string of the molecule is c1ccc2c(-c3ccc4ccncc4c3)ccnc2c1. The third-order valence-corrected chi connectivity index (χ3v) is 3.60. The van der Waals surface area contributed by atoms with E-state index in [1.807, 2.05) is 36.8 Å². The topological polar surface area (TPSA) is 25.8 Å². The minimum atomic E-state index is 1.02. The van der Waals surface area contributed by atoms with Gasteiger partial charge < -0.3 is 0 Å². The summed E-state index contributed by atoms with van der Waals surface area (Å²) in [4.78, 5) is 8.61. The van der Waals surface area contributed by atoms with E-state index >= 15 is 0 Å². The first-order chi connectivity index (χ1) is 9.92. The van der Waals surface area contributed by atoms with E-state index in [2.05, 4.69) is 46.4 Å². The second kappa shape index (κ2) is 4.42. The summed E-state index contributed by atoms with van der Waals surface area (Å²) in [5.41, 5.74) is 3.43. The van der Waals surface area contributed by atoms with Crippen LogP contribution in [-0.2, 0) is 0 Å². The Labute approximate surface area is 116 Å². The highest BCUT2D eigenvalue weighted by Crippen LogP contribution is 2.29. The molecular formula is C18H12N2. The van der Waals surface area contributed by atoms with Crippen LogP contribution in [-0.4, -0.2) is 9.97 Å². The van der Waals surface area contributed by atoms with Crippen molar-refractivity contribution in [1.82, 2.24) is 9.97 Å². The normalized spacial score (nSPS) is 11.0. The molecule has 4 aromatic rings. The van der Waals surface area contributed by atoms with Crippen LogP contribution in [0, 0.1) is 0 Å². The van der Waals surface area contributed by atoms with Gasteiger partial charge in [0.2, 0.25) is 0 Å². The largest absolute Gasteiger partial charge is 0.264 e. The van der Waals surface area contributed by atoms with E-state index in [0.29, 0.717) is 0 Å². The maximum Gasteiger partial charge on any atom is 0.0708 e. The molecule has 2 aromatic carbocycles. The number of hydrogen-bond donors (Lipinski definition) is 0. The summed E-state index contributed by atoms with van der Waals surface area (Å²) in [6.07, 6.45) is 5.59. The van der Waals surface area contributed by atoms with E-state index in [-0.39, 0.29) is 0 Å². The van der Waals surface area contributed by atoms with E-state index in [0.717, 1.165) is 10.9 Å². The first kappa shape index (κ1) is 11.1. The molecule has 94 valence electrons. The predicted molar refractivity (Wildman–Crippen MR) is 82.5 cm³/mol. The third kappa shape index (κ3) is 1.74. The highest BCUT2D eigenvalue weighted by molar-refractivity contribution is 5.97. The van der Waals surface area contributed by atoms with Crippen molar-refractivity contribution in [2.75, 3.05) is 0 Å². The smallest absolute Gasteiger partial charge is 0.0708 e. The van der Waals surface area contributed by atoms with Crippen LogP contribution in [0.4, 0.5) is 0 Å². The molecule has 4 rings (SSSR count). The number of aromatic nitrogens is 2.